The zero-order chi connectivity index (χ0) is 32.5. The van der Waals surface area contributed by atoms with E-state index in [0.29, 0.717) is 32.1 Å². The van der Waals surface area contributed by atoms with Gasteiger partial charge in [-0.1, -0.05) is 85.5 Å². The number of esters is 1. The Labute approximate surface area is 261 Å². The largest absolute Gasteiger partial charge is 0.458 e. The molecule has 2 saturated carbocycles. The molecule has 5 N–H and O–H groups in total. The van der Waals surface area contributed by atoms with Crippen molar-refractivity contribution < 1.29 is 29.3 Å². The second kappa shape index (κ2) is 16.6. The summed E-state index contributed by atoms with van der Waals surface area (Å²) >= 11 is 0. The van der Waals surface area contributed by atoms with Crippen LogP contribution in [0.15, 0.2) is 0 Å². The zero-order valence-corrected chi connectivity index (χ0v) is 28.4. The van der Waals surface area contributed by atoms with Crippen LogP contribution in [0.2, 0.25) is 0 Å². The van der Waals surface area contributed by atoms with Gasteiger partial charge in [-0.3, -0.25) is 9.59 Å². The molecule has 0 heterocycles. The SMILES string of the molecule is CC[C@H](C)[C@H](NC(=O)[C@H](C)N)C(=O)N([C@@H](CC1CCCCC1)[C@@H](O)[C@@H](O)CC(C)C)C1(C(=O)OC(C)(C)C)CCCCC1. The minimum Gasteiger partial charge on any atom is -0.458 e. The standard InChI is InChI=1S/C34H63N3O6/c1-9-23(4)28(36-30(40)24(5)35)31(41)37(34(18-14-11-15-19-34)32(42)43-33(6,7)8)26(21-25-16-12-10-13-17-25)29(39)27(38)20-22(2)3/h22-29,38-39H,9-21,35H2,1-8H3,(H,36,40)/t23-,24-,26-,27-,28-,29+/m0/s1. The van der Waals surface area contributed by atoms with Gasteiger partial charge in [0, 0.05) is 0 Å². The van der Waals surface area contributed by atoms with Crippen LogP contribution in [-0.4, -0.2) is 74.4 Å². The van der Waals surface area contributed by atoms with Crippen LogP contribution in [0.5, 0.6) is 0 Å². The molecular weight excluding hydrogens is 546 g/mol. The van der Waals surface area contributed by atoms with Crippen molar-refractivity contribution in [2.24, 2.45) is 23.5 Å². The molecular formula is C34H63N3O6. The van der Waals surface area contributed by atoms with Crippen molar-refractivity contribution in [1.82, 2.24) is 10.2 Å². The Morgan fingerprint density at radius 1 is 0.977 bits per heavy atom. The van der Waals surface area contributed by atoms with Crippen molar-refractivity contribution in [3.8, 4) is 0 Å². The summed E-state index contributed by atoms with van der Waals surface area (Å²) in [6.45, 7) is 14.9. The average molecular weight is 610 g/mol. The zero-order valence-electron chi connectivity index (χ0n) is 28.4. The van der Waals surface area contributed by atoms with E-state index in [-0.39, 0.29) is 17.8 Å². The van der Waals surface area contributed by atoms with Crippen molar-refractivity contribution in [2.75, 3.05) is 0 Å². The number of carbonyl (C=O) groups is 3. The number of rotatable bonds is 14. The summed E-state index contributed by atoms with van der Waals surface area (Å²) < 4.78 is 6.06. The maximum atomic E-state index is 15.1. The molecule has 0 aromatic rings. The molecule has 0 spiro atoms. The van der Waals surface area contributed by atoms with E-state index in [1.54, 1.807) is 11.8 Å². The molecule has 0 aromatic heterocycles. The Morgan fingerprint density at radius 3 is 2.02 bits per heavy atom. The summed E-state index contributed by atoms with van der Waals surface area (Å²) in [5, 5.41) is 26.2. The number of carbonyl (C=O) groups excluding carboxylic acids is 3. The summed E-state index contributed by atoms with van der Waals surface area (Å²) in [4.78, 5) is 44.0. The van der Waals surface area contributed by atoms with Gasteiger partial charge in [-0.2, -0.15) is 0 Å². The lowest BCUT2D eigenvalue weighted by molar-refractivity contribution is -0.186. The number of amides is 2. The Balaban J connectivity index is 2.80. The van der Waals surface area contributed by atoms with Crippen LogP contribution in [0.1, 0.15) is 139 Å². The molecule has 0 aliphatic heterocycles. The predicted octanol–water partition coefficient (Wildman–Crippen LogP) is 4.84. The fourth-order valence-corrected chi connectivity index (χ4v) is 6.90. The molecule has 0 saturated heterocycles. The van der Waals surface area contributed by atoms with Crippen LogP contribution in [-0.2, 0) is 19.1 Å². The number of ether oxygens (including phenoxy) is 1. The minimum absolute atomic E-state index is 0.122. The molecule has 2 aliphatic carbocycles. The van der Waals surface area contributed by atoms with Crippen LogP contribution in [0, 0.1) is 17.8 Å². The Morgan fingerprint density at radius 2 is 1.53 bits per heavy atom. The van der Waals surface area contributed by atoms with E-state index in [4.69, 9.17) is 10.5 Å². The highest BCUT2D eigenvalue weighted by molar-refractivity contribution is 5.94. The molecule has 0 radical (unpaired) electrons. The van der Waals surface area contributed by atoms with E-state index in [0.717, 1.165) is 51.4 Å². The molecule has 0 bridgehead atoms. The smallest absolute Gasteiger partial charge is 0.332 e. The van der Waals surface area contributed by atoms with E-state index < -0.39 is 59.3 Å². The van der Waals surface area contributed by atoms with Crippen LogP contribution in [0.4, 0.5) is 0 Å². The first-order valence-corrected chi connectivity index (χ1v) is 17.0. The Hall–Kier alpha value is -1.71. The van der Waals surface area contributed by atoms with Gasteiger partial charge in [-0.15, -0.1) is 0 Å². The molecule has 6 atom stereocenters. The molecule has 2 fully saturated rings. The van der Waals surface area contributed by atoms with Gasteiger partial charge in [0.25, 0.3) is 0 Å². The summed E-state index contributed by atoms with van der Waals surface area (Å²) in [6.07, 6.45) is 7.53. The predicted molar refractivity (Wildman–Crippen MR) is 170 cm³/mol. The van der Waals surface area contributed by atoms with Crippen LogP contribution in [0.3, 0.4) is 0 Å². The van der Waals surface area contributed by atoms with Crippen molar-refractivity contribution in [1.29, 1.82) is 0 Å². The third-order valence-corrected chi connectivity index (χ3v) is 9.48. The number of hydrogen-bond donors (Lipinski definition) is 4. The van der Waals surface area contributed by atoms with Gasteiger partial charge in [0.05, 0.1) is 18.2 Å². The van der Waals surface area contributed by atoms with Crippen molar-refractivity contribution in [2.45, 2.75) is 180 Å². The van der Waals surface area contributed by atoms with E-state index >= 15 is 4.79 Å². The lowest BCUT2D eigenvalue weighted by atomic mass is 9.75. The fraction of sp³-hybridized carbons (Fsp3) is 0.912. The van der Waals surface area contributed by atoms with Crippen LogP contribution in [0.25, 0.3) is 0 Å². The second-order valence-corrected chi connectivity index (χ2v) is 15.0. The second-order valence-electron chi connectivity index (χ2n) is 15.0. The number of hydrogen-bond acceptors (Lipinski definition) is 7. The molecule has 2 rings (SSSR count). The molecule has 0 unspecified atom stereocenters. The number of aliphatic hydroxyl groups is 2. The van der Waals surface area contributed by atoms with E-state index in [1.165, 1.54) is 0 Å². The maximum absolute atomic E-state index is 15.1. The monoisotopic (exact) mass is 609 g/mol. The first-order chi connectivity index (χ1) is 20.0. The van der Waals surface area contributed by atoms with E-state index in [2.05, 4.69) is 5.32 Å². The van der Waals surface area contributed by atoms with Gasteiger partial charge < -0.3 is 30.9 Å². The third kappa shape index (κ3) is 10.4. The molecule has 9 nitrogen and oxygen atoms in total. The average Bonchev–Trinajstić information content (AvgIpc) is 2.94. The van der Waals surface area contributed by atoms with Crippen LogP contribution < -0.4 is 11.1 Å². The Kier molecular flexibility index (Phi) is 14.4. The van der Waals surface area contributed by atoms with Gasteiger partial charge in [0.1, 0.15) is 23.3 Å². The van der Waals surface area contributed by atoms with Gasteiger partial charge in [-0.05, 0) is 71.1 Å². The fourth-order valence-electron chi connectivity index (χ4n) is 6.90. The van der Waals surface area contributed by atoms with Crippen LogP contribution >= 0.6 is 0 Å². The maximum Gasteiger partial charge on any atom is 0.332 e. The summed E-state index contributed by atoms with van der Waals surface area (Å²) in [5.74, 6) is -1.23. The quantitative estimate of drug-likeness (QED) is 0.206. The van der Waals surface area contributed by atoms with Gasteiger partial charge in [0.15, 0.2) is 0 Å². The highest BCUT2D eigenvalue weighted by Crippen LogP contribution is 2.42. The highest BCUT2D eigenvalue weighted by Gasteiger charge is 2.55. The number of nitrogens with one attached hydrogen (secondary N) is 1. The molecule has 250 valence electrons. The number of nitrogens with zero attached hydrogens (tertiary/aromatic N) is 1. The van der Waals surface area contributed by atoms with Crippen molar-refractivity contribution in [3.63, 3.8) is 0 Å². The molecule has 9 heteroatoms. The molecule has 2 amide bonds. The van der Waals surface area contributed by atoms with Crippen molar-refractivity contribution in [3.05, 3.63) is 0 Å². The first-order valence-electron chi connectivity index (χ1n) is 17.0. The van der Waals surface area contributed by atoms with Gasteiger partial charge in [0.2, 0.25) is 11.8 Å². The summed E-state index contributed by atoms with van der Waals surface area (Å²) in [6, 6.07) is -2.60. The highest BCUT2D eigenvalue weighted by atomic mass is 16.6. The first kappa shape index (κ1) is 37.5. The third-order valence-electron chi connectivity index (χ3n) is 9.48. The Bertz CT molecular complexity index is 889. The van der Waals surface area contributed by atoms with Gasteiger partial charge >= 0.3 is 5.97 Å². The minimum atomic E-state index is -1.33. The number of aliphatic hydroxyl groups excluding tert-OH is 2. The van der Waals surface area contributed by atoms with Crippen molar-refractivity contribution >= 4 is 17.8 Å². The normalized spacial score (nSPS) is 22.1. The van der Waals surface area contributed by atoms with E-state index in [1.807, 2.05) is 48.5 Å². The topological polar surface area (TPSA) is 142 Å². The summed E-state index contributed by atoms with van der Waals surface area (Å²) in [5.41, 5.74) is 3.81. The molecule has 43 heavy (non-hydrogen) atoms. The lowest BCUT2D eigenvalue weighted by Crippen LogP contribution is -2.69. The molecule has 0 aromatic carbocycles. The number of nitrogens with two attached hydrogens (primary N) is 1. The molecule has 2 aliphatic rings. The summed E-state index contributed by atoms with van der Waals surface area (Å²) in [7, 11) is 0. The lowest BCUT2D eigenvalue weighted by Gasteiger charge is -2.52. The van der Waals surface area contributed by atoms with Gasteiger partial charge in [-0.25, -0.2) is 4.79 Å². The van der Waals surface area contributed by atoms with E-state index in [9.17, 15) is 19.8 Å².